The number of carbonyl (C=O) groups excluding carboxylic acids is 1. The number of hydrogen-bond acceptors (Lipinski definition) is 5. The Morgan fingerprint density at radius 1 is 1.17 bits per heavy atom. The van der Waals surface area contributed by atoms with E-state index in [1.807, 2.05) is 50.2 Å². The first-order valence-electron chi connectivity index (χ1n) is 9.77. The number of rotatable bonds is 6. The number of para-hydroxylation sites is 1. The molecule has 1 N–H and O–H groups in total. The van der Waals surface area contributed by atoms with E-state index < -0.39 is 0 Å². The molecule has 0 radical (unpaired) electrons. The van der Waals surface area contributed by atoms with Crippen molar-refractivity contribution in [2.45, 2.75) is 43.1 Å². The molecule has 0 bridgehead atoms. The van der Waals surface area contributed by atoms with Crippen molar-refractivity contribution in [2.24, 2.45) is 0 Å². The van der Waals surface area contributed by atoms with Crippen molar-refractivity contribution in [3.63, 3.8) is 0 Å². The zero-order chi connectivity index (χ0) is 20.0. The average Bonchev–Trinajstić information content (AvgIpc) is 3.40. The van der Waals surface area contributed by atoms with Gasteiger partial charge in [-0.05, 0) is 44.9 Å². The fourth-order valence-corrected chi connectivity index (χ4v) is 4.70. The molecule has 1 saturated carbocycles. The number of H-pyrrole nitrogens is 1. The summed E-state index contributed by atoms with van der Waals surface area (Å²) >= 11 is 1.49. The van der Waals surface area contributed by atoms with Crippen LogP contribution in [0, 0.1) is 6.92 Å². The highest BCUT2D eigenvalue weighted by atomic mass is 32.2. The van der Waals surface area contributed by atoms with E-state index in [0.717, 1.165) is 51.5 Å². The first kappa shape index (κ1) is 18.1. The second-order valence-electron chi connectivity index (χ2n) is 7.44. The van der Waals surface area contributed by atoms with Gasteiger partial charge in [0.25, 0.3) is 0 Å². The Balaban J connectivity index is 1.47. The van der Waals surface area contributed by atoms with Gasteiger partial charge in [-0.3, -0.25) is 14.3 Å². The van der Waals surface area contributed by atoms with E-state index in [9.17, 15) is 4.79 Å². The summed E-state index contributed by atoms with van der Waals surface area (Å²) in [7, 11) is 0. The Hall–Kier alpha value is -2.93. The molecule has 0 aliphatic heterocycles. The van der Waals surface area contributed by atoms with Crippen LogP contribution in [-0.4, -0.2) is 35.8 Å². The molecule has 4 aromatic rings. The monoisotopic (exact) mass is 403 g/mol. The fourth-order valence-electron chi connectivity index (χ4n) is 3.73. The van der Waals surface area contributed by atoms with Gasteiger partial charge in [0, 0.05) is 46.2 Å². The lowest BCUT2D eigenvalue weighted by atomic mass is 10.1. The zero-order valence-electron chi connectivity index (χ0n) is 16.3. The number of aromatic nitrogens is 5. The summed E-state index contributed by atoms with van der Waals surface area (Å²) in [6, 6.07) is 12.2. The van der Waals surface area contributed by atoms with E-state index in [2.05, 4.69) is 24.7 Å². The molecule has 1 fully saturated rings. The second kappa shape index (κ2) is 7.15. The number of thioether (sulfide) groups is 1. The Labute approximate surface area is 172 Å². The number of ketones is 1. The van der Waals surface area contributed by atoms with E-state index in [1.54, 1.807) is 12.4 Å². The molecule has 1 aromatic carbocycles. The third-order valence-corrected chi connectivity index (χ3v) is 6.36. The minimum absolute atomic E-state index is 0.112. The summed E-state index contributed by atoms with van der Waals surface area (Å²) in [6.07, 6.45) is 5.77. The molecule has 1 atom stereocenters. The van der Waals surface area contributed by atoms with Gasteiger partial charge in [-0.2, -0.15) is 0 Å². The highest BCUT2D eigenvalue weighted by Crippen LogP contribution is 2.42. The van der Waals surface area contributed by atoms with Gasteiger partial charge in [-0.1, -0.05) is 30.0 Å². The molecule has 6 nitrogen and oxygen atoms in total. The highest BCUT2D eigenvalue weighted by Gasteiger charge is 2.32. The van der Waals surface area contributed by atoms with Crippen LogP contribution >= 0.6 is 11.8 Å². The van der Waals surface area contributed by atoms with E-state index in [-0.39, 0.29) is 11.0 Å². The molecular weight excluding hydrogens is 382 g/mol. The maximum atomic E-state index is 13.3. The van der Waals surface area contributed by atoms with E-state index in [1.165, 1.54) is 11.8 Å². The number of Topliss-reactive ketones (excluding diaryl/α,β-unsaturated/α-hetero) is 1. The Kier molecular flexibility index (Phi) is 4.47. The van der Waals surface area contributed by atoms with Crippen LogP contribution in [0.15, 0.2) is 53.9 Å². The predicted molar refractivity (Wildman–Crippen MR) is 114 cm³/mol. The van der Waals surface area contributed by atoms with Crippen LogP contribution in [0.1, 0.15) is 41.9 Å². The Morgan fingerprint density at radius 3 is 2.69 bits per heavy atom. The number of nitrogens with one attached hydrogen (secondary N) is 1. The summed E-state index contributed by atoms with van der Waals surface area (Å²) in [4.78, 5) is 20.7. The maximum Gasteiger partial charge on any atom is 0.192 e. The van der Waals surface area contributed by atoms with Gasteiger partial charge in [0.05, 0.1) is 5.25 Å². The summed E-state index contributed by atoms with van der Waals surface area (Å²) in [6.45, 7) is 3.91. The van der Waals surface area contributed by atoms with Gasteiger partial charge in [0.1, 0.15) is 0 Å². The predicted octanol–water partition coefficient (Wildman–Crippen LogP) is 4.83. The summed E-state index contributed by atoms with van der Waals surface area (Å²) < 4.78 is 2.19. The number of fused-ring (bicyclic) bond motifs is 1. The molecule has 0 saturated heterocycles. The SMILES string of the molecule is Cc1[nH]c2ccccc2c1C(=O)[C@@H](C)Sc1nnc(-c2ccncc2)n1C1CC1. The third-order valence-electron chi connectivity index (χ3n) is 5.31. The zero-order valence-corrected chi connectivity index (χ0v) is 17.1. The molecule has 3 aromatic heterocycles. The molecule has 1 aliphatic carbocycles. The Bertz CT molecular complexity index is 1190. The van der Waals surface area contributed by atoms with Crippen LogP contribution < -0.4 is 0 Å². The summed E-state index contributed by atoms with van der Waals surface area (Å²) in [5.41, 5.74) is 3.67. The Morgan fingerprint density at radius 2 is 1.93 bits per heavy atom. The molecule has 146 valence electrons. The van der Waals surface area contributed by atoms with Crippen molar-refractivity contribution in [1.82, 2.24) is 24.7 Å². The largest absolute Gasteiger partial charge is 0.358 e. The minimum Gasteiger partial charge on any atom is -0.358 e. The molecule has 3 heterocycles. The van der Waals surface area contributed by atoms with Crippen LogP contribution in [0.2, 0.25) is 0 Å². The molecular formula is C22H21N5OS. The molecule has 5 rings (SSSR count). The van der Waals surface area contributed by atoms with Crippen molar-refractivity contribution in [3.8, 4) is 11.4 Å². The van der Waals surface area contributed by atoms with Crippen molar-refractivity contribution in [2.75, 3.05) is 0 Å². The number of carbonyl (C=O) groups is 1. The van der Waals surface area contributed by atoms with Crippen molar-refractivity contribution >= 4 is 28.4 Å². The van der Waals surface area contributed by atoms with Crippen LogP contribution in [0.3, 0.4) is 0 Å². The number of benzene rings is 1. The van der Waals surface area contributed by atoms with Crippen molar-refractivity contribution in [3.05, 3.63) is 60.0 Å². The molecule has 1 aliphatic rings. The summed E-state index contributed by atoms with van der Waals surface area (Å²) in [5.74, 6) is 0.959. The smallest absolute Gasteiger partial charge is 0.192 e. The average molecular weight is 404 g/mol. The number of hydrogen-bond donors (Lipinski definition) is 1. The lowest BCUT2D eigenvalue weighted by molar-refractivity contribution is 0.0995. The lowest BCUT2D eigenvalue weighted by Crippen LogP contribution is -2.15. The number of nitrogens with zero attached hydrogens (tertiary/aromatic N) is 4. The van der Waals surface area contributed by atoms with Gasteiger partial charge in [0.15, 0.2) is 16.8 Å². The van der Waals surface area contributed by atoms with Gasteiger partial charge < -0.3 is 4.98 Å². The molecule has 29 heavy (non-hydrogen) atoms. The first-order valence-corrected chi connectivity index (χ1v) is 10.6. The number of aryl methyl sites for hydroxylation is 1. The van der Waals surface area contributed by atoms with E-state index in [4.69, 9.17) is 0 Å². The fraction of sp³-hybridized carbons (Fsp3) is 0.273. The van der Waals surface area contributed by atoms with Crippen molar-refractivity contribution in [1.29, 1.82) is 0 Å². The van der Waals surface area contributed by atoms with Gasteiger partial charge in [-0.25, -0.2) is 0 Å². The van der Waals surface area contributed by atoms with Crippen LogP contribution in [0.5, 0.6) is 0 Å². The first-order chi connectivity index (χ1) is 14.1. The van der Waals surface area contributed by atoms with Gasteiger partial charge >= 0.3 is 0 Å². The normalized spacial score (nSPS) is 15.0. The maximum absolute atomic E-state index is 13.3. The summed E-state index contributed by atoms with van der Waals surface area (Å²) in [5, 5.41) is 10.4. The second-order valence-corrected chi connectivity index (χ2v) is 8.75. The minimum atomic E-state index is -0.264. The third kappa shape index (κ3) is 3.25. The van der Waals surface area contributed by atoms with Crippen LogP contribution in [0.4, 0.5) is 0 Å². The highest BCUT2D eigenvalue weighted by molar-refractivity contribution is 8.00. The standard InChI is InChI=1S/C22H21N5OS/c1-13-19(17-5-3-4-6-18(17)24-13)20(28)14(2)29-22-26-25-21(27(22)16-7-8-16)15-9-11-23-12-10-15/h3-6,9-12,14,16,24H,7-8H2,1-2H3/t14-/m1/s1. The van der Waals surface area contributed by atoms with Crippen LogP contribution in [0.25, 0.3) is 22.3 Å². The molecule has 0 amide bonds. The van der Waals surface area contributed by atoms with Gasteiger partial charge in [0.2, 0.25) is 0 Å². The quantitative estimate of drug-likeness (QED) is 0.369. The number of pyridine rings is 1. The van der Waals surface area contributed by atoms with E-state index in [0.29, 0.717) is 6.04 Å². The van der Waals surface area contributed by atoms with Crippen molar-refractivity contribution < 1.29 is 4.79 Å². The molecule has 7 heteroatoms. The molecule has 0 spiro atoms. The number of aromatic amines is 1. The molecule has 0 unspecified atom stereocenters. The van der Waals surface area contributed by atoms with E-state index >= 15 is 0 Å². The van der Waals surface area contributed by atoms with Crippen LogP contribution in [-0.2, 0) is 0 Å². The topological polar surface area (TPSA) is 76.5 Å². The lowest BCUT2D eigenvalue weighted by Gasteiger charge is -2.12. The van der Waals surface area contributed by atoms with Gasteiger partial charge in [-0.15, -0.1) is 10.2 Å².